The van der Waals surface area contributed by atoms with E-state index in [0.29, 0.717) is 0 Å². The summed E-state index contributed by atoms with van der Waals surface area (Å²) in [5.41, 5.74) is 3.76. The van der Waals surface area contributed by atoms with Crippen molar-refractivity contribution < 1.29 is 9.84 Å². The van der Waals surface area contributed by atoms with Gasteiger partial charge in [0.2, 0.25) is 6.23 Å². The average Bonchev–Trinajstić information content (AvgIpc) is 3.14. The van der Waals surface area contributed by atoms with Crippen molar-refractivity contribution in [3.63, 3.8) is 0 Å². The Hall–Kier alpha value is -3.34. The lowest BCUT2D eigenvalue weighted by Gasteiger charge is -2.38. The van der Waals surface area contributed by atoms with Crippen molar-refractivity contribution in [2.45, 2.75) is 18.7 Å². The largest absolute Gasteiger partial charge is 0.507 e. The molecule has 2 aromatic carbocycles. The predicted octanol–water partition coefficient (Wildman–Crippen LogP) is 4.03. The number of aromatic hydroxyl groups is 1. The zero-order valence-electron chi connectivity index (χ0n) is 14.0. The summed E-state index contributed by atoms with van der Waals surface area (Å²) in [6.07, 6.45) is 3.93. The molecule has 0 saturated carbocycles. The molecule has 0 radical (unpaired) electrons. The SMILES string of the molecule is Oc1ccccc1C1=NN2C(C1)c1ccccc1OC2c1ccncc1. The van der Waals surface area contributed by atoms with Crippen LogP contribution in [0.3, 0.4) is 0 Å². The molecule has 3 heterocycles. The van der Waals surface area contributed by atoms with Crippen LogP contribution in [-0.4, -0.2) is 20.8 Å². The molecule has 0 amide bonds. The lowest BCUT2D eigenvalue weighted by atomic mass is 9.96. The van der Waals surface area contributed by atoms with Gasteiger partial charge in [-0.15, -0.1) is 0 Å². The number of hydrazone groups is 1. The number of aromatic nitrogens is 1. The fourth-order valence-electron chi connectivity index (χ4n) is 3.66. The Bertz CT molecular complexity index is 987. The molecule has 26 heavy (non-hydrogen) atoms. The number of phenolic OH excluding ortho intramolecular Hbond substituents is 1. The van der Waals surface area contributed by atoms with E-state index < -0.39 is 0 Å². The van der Waals surface area contributed by atoms with Crippen molar-refractivity contribution >= 4 is 5.71 Å². The van der Waals surface area contributed by atoms with Crippen molar-refractivity contribution in [2.75, 3.05) is 0 Å². The van der Waals surface area contributed by atoms with Crippen LogP contribution in [0, 0.1) is 0 Å². The highest BCUT2D eigenvalue weighted by atomic mass is 16.5. The van der Waals surface area contributed by atoms with Gasteiger partial charge in [-0.05, 0) is 30.3 Å². The summed E-state index contributed by atoms with van der Waals surface area (Å²) in [6, 6.07) is 19.4. The zero-order valence-corrected chi connectivity index (χ0v) is 14.0. The molecule has 0 bridgehead atoms. The van der Waals surface area contributed by atoms with Crippen LogP contribution in [0.5, 0.6) is 11.5 Å². The summed E-state index contributed by atoms with van der Waals surface area (Å²) in [6.45, 7) is 0. The van der Waals surface area contributed by atoms with E-state index in [1.165, 1.54) is 0 Å². The third-order valence-electron chi connectivity index (χ3n) is 4.91. The van der Waals surface area contributed by atoms with E-state index in [0.717, 1.165) is 34.6 Å². The predicted molar refractivity (Wildman–Crippen MR) is 97.9 cm³/mol. The quantitative estimate of drug-likeness (QED) is 0.763. The van der Waals surface area contributed by atoms with Gasteiger partial charge in [0.05, 0.1) is 11.8 Å². The molecule has 0 fully saturated rings. The standard InChI is InChI=1S/C21H17N3O2/c25-19-7-3-1-5-15(19)17-13-18-16-6-2-4-8-20(16)26-21(24(18)23-17)14-9-11-22-12-10-14/h1-12,18,21,25H,13H2. The highest BCUT2D eigenvalue weighted by molar-refractivity contribution is 6.04. The van der Waals surface area contributed by atoms with Crippen molar-refractivity contribution in [3.8, 4) is 11.5 Å². The smallest absolute Gasteiger partial charge is 0.213 e. The van der Waals surface area contributed by atoms with Gasteiger partial charge in [0, 0.05) is 35.5 Å². The van der Waals surface area contributed by atoms with E-state index in [1.807, 2.05) is 53.5 Å². The van der Waals surface area contributed by atoms with Crippen LogP contribution in [-0.2, 0) is 0 Å². The molecule has 2 unspecified atom stereocenters. The molecule has 2 aliphatic heterocycles. The minimum atomic E-state index is -0.318. The molecule has 1 N–H and O–H groups in total. The molecule has 0 spiro atoms. The average molecular weight is 343 g/mol. The summed E-state index contributed by atoms with van der Waals surface area (Å²) in [5.74, 6) is 1.13. The second kappa shape index (κ2) is 5.88. The number of ether oxygens (including phenoxy) is 1. The summed E-state index contributed by atoms with van der Waals surface area (Å²) < 4.78 is 6.27. The van der Waals surface area contributed by atoms with Crippen molar-refractivity contribution in [1.29, 1.82) is 0 Å². The van der Waals surface area contributed by atoms with E-state index >= 15 is 0 Å². The highest BCUT2D eigenvalue weighted by Gasteiger charge is 2.41. The molecule has 128 valence electrons. The first kappa shape index (κ1) is 15.0. The van der Waals surface area contributed by atoms with Crippen molar-refractivity contribution in [2.24, 2.45) is 5.10 Å². The number of phenols is 1. The van der Waals surface area contributed by atoms with Crippen LogP contribution in [0.4, 0.5) is 0 Å². The Morgan fingerprint density at radius 3 is 2.58 bits per heavy atom. The molecule has 5 nitrogen and oxygen atoms in total. The Balaban J connectivity index is 1.62. The van der Waals surface area contributed by atoms with Crippen molar-refractivity contribution in [3.05, 3.63) is 89.7 Å². The minimum absolute atomic E-state index is 0.0766. The first-order valence-corrected chi connectivity index (χ1v) is 8.61. The summed E-state index contributed by atoms with van der Waals surface area (Å²) in [7, 11) is 0. The Morgan fingerprint density at radius 2 is 1.73 bits per heavy atom. The van der Waals surface area contributed by atoms with Gasteiger partial charge < -0.3 is 9.84 Å². The maximum Gasteiger partial charge on any atom is 0.213 e. The summed E-state index contributed by atoms with van der Waals surface area (Å²) in [4.78, 5) is 4.10. The molecule has 5 heteroatoms. The monoisotopic (exact) mass is 343 g/mol. The lowest BCUT2D eigenvalue weighted by Crippen LogP contribution is -2.33. The van der Waals surface area contributed by atoms with Crippen LogP contribution in [0.25, 0.3) is 0 Å². The normalized spacial score (nSPS) is 20.8. The van der Waals surface area contributed by atoms with Gasteiger partial charge in [-0.25, -0.2) is 5.01 Å². The van der Waals surface area contributed by atoms with E-state index in [2.05, 4.69) is 11.1 Å². The second-order valence-corrected chi connectivity index (χ2v) is 6.45. The van der Waals surface area contributed by atoms with E-state index in [-0.39, 0.29) is 18.0 Å². The number of rotatable bonds is 2. The zero-order chi connectivity index (χ0) is 17.5. The number of para-hydroxylation sites is 2. The van der Waals surface area contributed by atoms with E-state index in [9.17, 15) is 5.11 Å². The molecule has 2 atom stereocenters. The van der Waals surface area contributed by atoms with Gasteiger partial charge in [-0.2, -0.15) is 5.10 Å². The van der Waals surface area contributed by atoms with Crippen LogP contribution in [0.15, 0.2) is 78.2 Å². The molecule has 2 aliphatic rings. The molecule has 0 aliphatic carbocycles. The number of fused-ring (bicyclic) bond motifs is 3. The van der Waals surface area contributed by atoms with Gasteiger partial charge >= 0.3 is 0 Å². The molecule has 5 rings (SSSR count). The number of pyridine rings is 1. The lowest BCUT2D eigenvalue weighted by molar-refractivity contribution is -0.0190. The van der Waals surface area contributed by atoms with Gasteiger partial charge in [0.25, 0.3) is 0 Å². The van der Waals surface area contributed by atoms with Crippen LogP contribution < -0.4 is 4.74 Å². The summed E-state index contributed by atoms with van der Waals surface area (Å²) >= 11 is 0. The molecule has 1 aromatic heterocycles. The fraction of sp³-hybridized carbons (Fsp3) is 0.143. The van der Waals surface area contributed by atoms with Crippen LogP contribution in [0.2, 0.25) is 0 Å². The minimum Gasteiger partial charge on any atom is -0.507 e. The third-order valence-corrected chi connectivity index (χ3v) is 4.91. The molecule has 0 saturated heterocycles. The molecular weight excluding hydrogens is 326 g/mol. The second-order valence-electron chi connectivity index (χ2n) is 6.45. The maximum absolute atomic E-state index is 10.2. The molecular formula is C21H17N3O2. The summed E-state index contributed by atoms with van der Waals surface area (Å²) in [5, 5.41) is 17.1. The van der Waals surface area contributed by atoms with Crippen LogP contribution in [0.1, 0.15) is 35.4 Å². The first-order valence-electron chi connectivity index (χ1n) is 8.61. The van der Waals surface area contributed by atoms with Crippen LogP contribution >= 0.6 is 0 Å². The maximum atomic E-state index is 10.2. The van der Waals surface area contributed by atoms with Gasteiger partial charge in [-0.3, -0.25) is 4.98 Å². The van der Waals surface area contributed by atoms with Gasteiger partial charge in [0.1, 0.15) is 11.5 Å². The van der Waals surface area contributed by atoms with Crippen molar-refractivity contribution in [1.82, 2.24) is 9.99 Å². The van der Waals surface area contributed by atoms with Gasteiger partial charge in [-0.1, -0.05) is 30.3 Å². The topological polar surface area (TPSA) is 58.0 Å². The van der Waals surface area contributed by atoms with E-state index in [1.54, 1.807) is 18.5 Å². The highest BCUT2D eigenvalue weighted by Crippen LogP contribution is 2.47. The number of hydrogen-bond acceptors (Lipinski definition) is 5. The molecule has 3 aromatic rings. The Morgan fingerprint density at radius 1 is 0.962 bits per heavy atom. The Labute approximate surface area is 151 Å². The number of nitrogens with zero attached hydrogens (tertiary/aromatic N) is 3. The number of benzene rings is 2. The first-order chi connectivity index (χ1) is 12.8. The fourth-order valence-corrected chi connectivity index (χ4v) is 3.66. The Kier molecular flexibility index (Phi) is 3.38. The van der Waals surface area contributed by atoms with E-state index in [4.69, 9.17) is 9.84 Å². The number of hydrogen-bond donors (Lipinski definition) is 1. The third kappa shape index (κ3) is 2.32. The van der Waals surface area contributed by atoms with Gasteiger partial charge in [0.15, 0.2) is 0 Å².